The summed E-state index contributed by atoms with van der Waals surface area (Å²) in [6, 6.07) is 11.6. The number of ether oxygens (including phenoxy) is 2. The van der Waals surface area contributed by atoms with Crippen molar-refractivity contribution in [1.29, 1.82) is 0 Å². The Morgan fingerprint density at radius 2 is 2.15 bits per heavy atom. The Labute approximate surface area is 154 Å². The monoisotopic (exact) mass is 355 g/mol. The first kappa shape index (κ1) is 18.3. The molecule has 0 N–H and O–H groups in total. The van der Waals surface area contributed by atoms with E-state index in [0.717, 1.165) is 30.0 Å². The van der Waals surface area contributed by atoms with E-state index in [2.05, 4.69) is 9.97 Å². The first-order chi connectivity index (χ1) is 12.7. The maximum absolute atomic E-state index is 12.4. The van der Waals surface area contributed by atoms with Gasteiger partial charge in [0.05, 0.1) is 25.7 Å². The summed E-state index contributed by atoms with van der Waals surface area (Å²) in [5, 5.41) is 0. The standard InChI is InChI=1S/C20H25N3O3/c1-16-13-17(22-15-21-16)7-8-19-14-23(10-12-26-19)20(24)9-11-25-18-5-3-2-4-6-18/h2-6,13,15,19H,7-12,14H2,1H3/t19-/m0/s1. The van der Waals surface area contributed by atoms with E-state index in [9.17, 15) is 4.79 Å². The molecule has 3 rings (SSSR count). The molecule has 0 saturated carbocycles. The Morgan fingerprint density at radius 3 is 2.96 bits per heavy atom. The summed E-state index contributed by atoms with van der Waals surface area (Å²) in [6.07, 6.45) is 3.70. The van der Waals surface area contributed by atoms with Crippen LogP contribution in [0.25, 0.3) is 0 Å². The van der Waals surface area contributed by atoms with E-state index in [4.69, 9.17) is 9.47 Å². The molecule has 1 aliphatic heterocycles. The number of rotatable bonds is 7. The number of para-hydroxylation sites is 1. The van der Waals surface area contributed by atoms with E-state index in [-0.39, 0.29) is 12.0 Å². The van der Waals surface area contributed by atoms with Crippen molar-refractivity contribution < 1.29 is 14.3 Å². The number of carbonyl (C=O) groups excluding carboxylic acids is 1. The second-order valence-corrected chi connectivity index (χ2v) is 6.43. The minimum atomic E-state index is 0.0537. The van der Waals surface area contributed by atoms with Crippen LogP contribution >= 0.6 is 0 Å². The molecule has 0 bridgehead atoms. The average molecular weight is 355 g/mol. The molecular formula is C20H25N3O3. The van der Waals surface area contributed by atoms with Crippen molar-refractivity contribution in [3.8, 4) is 5.75 Å². The van der Waals surface area contributed by atoms with Crippen LogP contribution in [0.3, 0.4) is 0 Å². The third-order valence-electron chi connectivity index (χ3n) is 4.40. The predicted molar refractivity (Wildman–Crippen MR) is 98.0 cm³/mol. The molecule has 1 amide bonds. The van der Waals surface area contributed by atoms with Gasteiger partial charge in [-0.25, -0.2) is 9.97 Å². The van der Waals surface area contributed by atoms with Crippen molar-refractivity contribution in [3.63, 3.8) is 0 Å². The second-order valence-electron chi connectivity index (χ2n) is 6.43. The Morgan fingerprint density at radius 1 is 1.31 bits per heavy atom. The summed E-state index contributed by atoms with van der Waals surface area (Å²) >= 11 is 0. The third-order valence-corrected chi connectivity index (χ3v) is 4.40. The molecule has 6 nitrogen and oxygen atoms in total. The number of aryl methyl sites for hydroxylation is 2. The highest BCUT2D eigenvalue weighted by Gasteiger charge is 2.24. The third kappa shape index (κ3) is 5.52. The first-order valence-electron chi connectivity index (χ1n) is 9.05. The van der Waals surface area contributed by atoms with Gasteiger partial charge in [-0.05, 0) is 38.0 Å². The quantitative estimate of drug-likeness (QED) is 0.763. The lowest BCUT2D eigenvalue weighted by Gasteiger charge is -2.33. The van der Waals surface area contributed by atoms with Gasteiger partial charge in [0.1, 0.15) is 12.1 Å². The van der Waals surface area contributed by atoms with E-state index >= 15 is 0 Å². The zero-order chi connectivity index (χ0) is 18.2. The molecule has 1 aromatic carbocycles. The number of amides is 1. The van der Waals surface area contributed by atoms with Gasteiger partial charge in [-0.3, -0.25) is 4.79 Å². The topological polar surface area (TPSA) is 64.6 Å². The minimum Gasteiger partial charge on any atom is -0.493 e. The van der Waals surface area contributed by atoms with Crippen LogP contribution in [0.15, 0.2) is 42.7 Å². The van der Waals surface area contributed by atoms with E-state index in [1.165, 1.54) is 0 Å². The molecule has 138 valence electrons. The summed E-state index contributed by atoms with van der Waals surface area (Å²) in [4.78, 5) is 22.7. The molecule has 1 fully saturated rings. The molecule has 1 aromatic heterocycles. The molecule has 6 heteroatoms. The lowest BCUT2D eigenvalue weighted by Crippen LogP contribution is -2.46. The van der Waals surface area contributed by atoms with Crippen LogP contribution in [0.1, 0.15) is 24.2 Å². The van der Waals surface area contributed by atoms with Gasteiger partial charge in [0, 0.05) is 24.5 Å². The molecule has 0 aliphatic carbocycles. The van der Waals surface area contributed by atoms with E-state index in [1.807, 2.05) is 48.2 Å². The summed E-state index contributed by atoms with van der Waals surface area (Å²) < 4.78 is 11.4. The Balaban J connectivity index is 1.41. The van der Waals surface area contributed by atoms with Gasteiger partial charge in [0.25, 0.3) is 0 Å². The van der Waals surface area contributed by atoms with Crippen LogP contribution in [-0.2, 0) is 16.0 Å². The van der Waals surface area contributed by atoms with Crippen LogP contribution in [0.2, 0.25) is 0 Å². The fraction of sp³-hybridized carbons (Fsp3) is 0.450. The number of carbonyl (C=O) groups is 1. The fourth-order valence-electron chi connectivity index (χ4n) is 3.01. The normalized spacial score (nSPS) is 17.1. The highest BCUT2D eigenvalue weighted by molar-refractivity contribution is 5.76. The molecule has 2 heterocycles. The molecule has 0 spiro atoms. The number of hydrogen-bond donors (Lipinski definition) is 0. The van der Waals surface area contributed by atoms with Gasteiger partial charge in [0.15, 0.2) is 0 Å². The largest absolute Gasteiger partial charge is 0.493 e. The molecule has 2 aromatic rings. The van der Waals surface area contributed by atoms with Crippen molar-refractivity contribution >= 4 is 5.91 Å². The predicted octanol–water partition coefficient (Wildman–Crippen LogP) is 2.41. The molecule has 26 heavy (non-hydrogen) atoms. The van der Waals surface area contributed by atoms with Crippen LogP contribution in [0.4, 0.5) is 0 Å². The van der Waals surface area contributed by atoms with Gasteiger partial charge in [-0.1, -0.05) is 18.2 Å². The van der Waals surface area contributed by atoms with Crippen LogP contribution in [0, 0.1) is 6.92 Å². The van der Waals surface area contributed by atoms with Gasteiger partial charge in [0.2, 0.25) is 5.91 Å². The maximum atomic E-state index is 12.4. The average Bonchev–Trinajstić information content (AvgIpc) is 2.67. The van der Waals surface area contributed by atoms with Crippen LogP contribution in [0.5, 0.6) is 5.75 Å². The van der Waals surface area contributed by atoms with Crippen molar-refractivity contribution in [3.05, 3.63) is 54.1 Å². The van der Waals surface area contributed by atoms with E-state index in [0.29, 0.717) is 32.7 Å². The molecule has 1 saturated heterocycles. The number of hydrogen-bond acceptors (Lipinski definition) is 5. The lowest BCUT2D eigenvalue weighted by atomic mass is 10.1. The SMILES string of the molecule is Cc1cc(CC[C@H]2CN(C(=O)CCOc3ccccc3)CCO2)ncn1. The summed E-state index contributed by atoms with van der Waals surface area (Å²) in [5.41, 5.74) is 1.98. The zero-order valence-electron chi connectivity index (χ0n) is 15.1. The number of nitrogens with zero attached hydrogens (tertiary/aromatic N) is 3. The second kappa shape index (κ2) is 9.29. The molecule has 1 atom stereocenters. The number of aromatic nitrogens is 2. The van der Waals surface area contributed by atoms with Gasteiger partial charge >= 0.3 is 0 Å². The number of morpholine rings is 1. The molecule has 1 aliphatic rings. The lowest BCUT2D eigenvalue weighted by molar-refractivity contribution is -0.139. The molecule has 0 radical (unpaired) electrons. The summed E-state index contributed by atoms with van der Waals surface area (Å²) in [6.45, 7) is 4.21. The Bertz CT molecular complexity index is 708. The zero-order valence-corrected chi connectivity index (χ0v) is 15.1. The van der Waals surface area contributed by atoms with Gasteiger partial charge in [-0.15, -0.1) is 0 Å². The Hall–Kier alpha value is -2.47. The number of benzene rings is 1. The molecular weight excluding hydrogens is 330 g/mol. The Kier molecular flexibility index (Phi) is 6.55. The van der Waals surface area contributed by atoms with Crippen molar-refractivity contribution in [2.45, 2.75) is 32.3 Å². The highest BCUT2D eigenvalue weighted by atomic mass is 16.5. The first-order valence-corrected chi connectivity index (χ1v) is 9.05. The van der Waals surface area contributed by atoms with Crippen LogP contribution < -0.4 is 4.74 Å². The van der Waals surface area contributed by atoms with E-state index in [1.54, 1.807) is 6.33 Å². The van der Waals surface area contributed by atoms with Crippen molar-refractivity contribution in [1.82, 2.24) is 14.9 Å². The fourth-order valence-corrected chi connectivity index (χ4v) is 3.01. The van der Waals surface area contributed by atoms with Gasteiger partial charge < -0.3 is 14.4 Å². The maximum Gasteiger partial charge on any atom is 0.226 e. The minimum absolute atomic E-state index is 0.0537. The van der Waals surface area contributed by atoms with Crippen LogP contribution in [-0.4, -0.2) is 53.2 Å². The smallest absolute Gasteiger partial charge is 0.226 e. The summed E-state index contributed by atoms with van der Waals surface area (Å²) in [5.74, 6) is 0.910. The van der Waals surface area contributed by atoms with Gasteiger partial charge in [-0.2, -0.15) is 0 Å². The molecule has 0 unspecified atom stereocenters. The van der Waals surface area contributed by atoms with Crippen molar-refractivity contribution in [2.24, 2.45) is 0 Å². The summed E-state index contributed by atoms with van der Waals surface area (Å²) in [7, 11) is 0. The van der Waals surface area contributed by atoms with Crippen molar-refractivity contribution in [2.75, 3.05) is 26.3 Å². The highest BCUT2D eigenvalue weighted by Crippen LogP contribution is 2.14. The van der Waals surface area contributed by atoms with E-state index < -0.39 is 0 Å².